The van der Waals surface area contributed by atoms with E-state index in [1.54, 1.807) is 6.07 Å². The molecule has 1 aliphatic carbocycles. The number of benzene rings is 2. The molecule has 2 heterocycles. The number of nitrogens with one attached hydrogen (secondary N) is 1. The molecule has 1 aliphatic heterocycles. The quantitative estimate of drug-likeness (QED) is 0.367. The van der Waals surface area contributed by atoms with Crippen LogP contribution in [0, 0.1) is 36.5 Å². The lowest BCUT2D eigenvalue weighted by Gasteiger charge is -2.49. The van der Waals surface area contributed by atoms with Crippen molar-refractivity contribution in [3.63, 3.8) is 0 Å². The van der Waals surface area contributed by atoms with Crippen molar-refractivity contribution in [1.82, 2.24) is 9.97 Å². The molecule has 2 aromatic carbocycles. The lowest BCUT2D eigenvalue weighted by Crippen LogP contribution is -2.40. The zero-order chi connectivity index (χ0) is 28.2. The number of fused-ring (bicyclic) bond motifs is 4. The van der Waals surface area contributed by atoms with Gasteiger partial charge in [-0.25, -0.2) is 18.1 Å². The second-order valence-electron chi connectivity index (χ2n) is 13.6. The van der Waals surface area contributed by atoms with Gasteiger partial charge in [-0.05, 0) is 84.6 Å². The van der Waals surface area contributed by atoms with Crippen molar-refractivity contribution in [3.8, 4) is 17.1 Å². The van der Waals surface area contributed by atoms with Crippen LogP contribution < -0.4 is 9.46 Å². The van der Waals surface area contributed by atoms with Crippen molar-refractivity contribution in [2.24, 2.45) is 22.7 Å². The Morgan fingerprint density at radius 3 is 2.31 bits per heavy atom. The first kappa shape index (κ1) is 27.6. The van der Waals surface area contributed by atoms with E-state index in [0.29, 0.717) is 29.5 Å². The van der Waals surface area contributed by atoms with E-state index in [1.165, 1.54) is 0 Å². The normalized spacial score (nSPS) is 22.4. The predicted molar refractivity (Wildman–Crippen MR) is 156 cm³/mol. The molecule has 0 spiro atoms. The number of sulfonamides is 1. The van der Waals surface area contributed by atoms with Crippen molar-refractivity contribution < 1.29 is 13.2 Å². The van der Waals surface area contributed by atoms with Crippen molar-refractivity contribution in [2.45, 2.75) is 78.5 Å². The summed E-state index contributed by atoms with van der Waals surface area (Å²) in [7, 11) is -3.91. The number of aromatic nitrogens is 2. The van der Waals surface area contributed by atoms with Crippen molar-refractivity contribution in [2.75, 3.05) is 11.3 Å². The summed E-state index contributed by atoms with van der Waals surface area (Å²) < 4.78 is 36.3. The molecule has 1 aromatic heterocycles. The lowest BCUT2D eigenvalue weighted by atomic mass is 9.56. The monoisotopic (exact) mass is 547 g/mol. The highest BCUT2D eigenvalue weighted by atomic mass is 32.2. The zero-order valence-electron chi connectivity index (χ0n) is 24.2. The molecular formula is C32H41N3O3S. The van der Waals surface area contributed by atoms with Gasteiger partial charge in [-0.1, -0.05) is 65.0 Å². The van der Waals surface area contributed by atoms with Crippen molar-refractivity contribution >= 4 is 16.0 Å². The summed E-state index contributed by atoms with van der Waals surface area (Å²) in [6, 6.07) is 15.4. The minimum Gasteiger partial charge on any atom is -0.477 e. The predicted octanol–water partition coefficient (Wildman–Crippen LogP) is 7.53. The van der Waals surface area contributed by atoms with E-state index in [1.807, 2.05) is 50.2 Å². The molecule has 4 bridgehead atoms. The second kappa shape index (κ2) is 9.92. The fraction of sp³-hybridized carbons (Fsp3) is 0.500. The van der Waals surface area contributed by atoms with Gasteiger partial charge in [0.05, 0.1) is 17.2 Å². The molecule has 2 atom stereocenters. The van der Waals surface area contributed by atoms with E-state index < -0.39 is 10.0 Å². The average Bonchev–Trinajstić information content (AvgIpc) is 2.80. The van der Waals surface area contributed by atoms with E-state index >= 15 is 0 Å². The third-order valence-corrected chi connectivity index (χ3v) is 9.51. The molecule has 3 aromatic rings. The fourth-order valence-corrected chi connectivity index (χ4v) is 7.77. The maximum atomic E-state index is 13.6. The van der Waals surface area contributed by atoms with Crippen LogP contribution in [-0.2, 0) is 10.0 Å². The van der Waals surface area contributed by atoms with Gasteiger partial charge in [0.15, 0.2) is 0 Å². The summed E-state index contributed by atoms with van der Waals surface area (Å²) in [5.41, 5.74) is 5.16. The summed E-state index contributed by atoms with van der Waals surface area (Å²) in [5, 5.41) is 0. The molecule has 6 nitrogen and oxygen atoms in total. The van der Waals surface area contributed by atoms with Crippen LogP contribution in [0.3, 0.4) is 0 Å². The molecule has 7 heteroatoms. The third-order valence-electron chi connectivity index (χ3n) is 8.18. The van der Waals surface area contributed by atoms with Gasteiger partial charge >= 0.3 is 0 Å². The molecule has 208 valence electrons. The third kappa shape index (κ3) is 5.98. The molecule has 1 N–H and O–H groups in total. The molecule has 1 saturated carbocycles. The van der Waals surface area contributed by atoms with Gasteiger partial charge in [-0.3, -0.25) is 0 Å². The number of rotatable bonds is 3. The highest BCUT2D eigenvalue weighted by Crippen LogP contribution is 2.54. The Hall–Kier alpha value is -2.93. The van der Waals surface area contributed by atoms with Gasteiger partial charge in [0.1, 0.15) is 0 Å². The van der Waals surface area contributed by atoms with Crippen LogP contribution in [0.4, 0.5) is 5.95 Å². The number of nitrogens with zero attached hydrogens (tertiary/aromatic N) is 2. The fourth-order valence-electron chi connectivity index (χ4n) is 6.77. The first-order valence-corrected chi connectivity index (χ1v) is 15.4. The lowest BCUT2D eigenvalue weighted by molar-refractivity contribution is 0.0350. The highest BCUT2D eigenvalue weighted by molar-refractivity contribution is 7.92. The standard InChI is InChI=1S/C32H41N3O3S/c1-20-10-8-11-21(2)28(20)26-15-27-34-30(33-26)35-39(36,37)25-13-9-12-22(14-25)29(23-17-32(6,7)18-23)24(19-38-27)16-31(3,4)5/h8-15,23-24,29H,16-19H2,1-7H3,(H,33,34,35)/t24-,29?/m1/s1. The molecule has 1 fully saturated rings. The van der Waals surface area contributed by atoms with Gasteiger partial charge < -0.3 is 4.74 Å². The summed E-state index contributed by atoms with van der Waals surface area (Å²) in [6.45, 7) is 16.0. The maximum absolute atomic E-state index is 13.6. The van der Waals surface area contributed by atoms with E-state index in [0.717, 1.165) is 41.5 Å². The maximum Gasteiger partial charge on any atom is 0.264 e. The smallest absolute Gasteiger partial charge is 0.264 e. The van der Waals surface area contributed by atoms with Gasteiger partial charge in [0.25, 0.3) is 10.0 Å². The van der Waals surface area contributed by atoms with Crippen LogP contribution in [-0.4, -0.2) is 25.0 Å². The summed E-state index contributed by atoms with van der Waals surface area (Å²) in [4.78, 5) is 9.40. The Bertz CT molecular complexity index is 1460. The van der Waals surface area contributed by atoms with Crippen LogP contribution in [0.2, 0.25) is 0 Å². The van der Waals surface area contributed by atoms with Gasteiger partial charge in [0.2, 0.25) is 11.8 Å². The Morgan fingerprint density at radius 1 is 1.00 bits per heavy atom. The first-order valence-electron chi connectivity index (χ1n) is 13.9. The molecule has 1 unspecified atom stereocenters. The molecule has 5 rings (SSSR count). The molecule has 0 saturated heterocycles. The van der Waals surface area contributed by atoms with Crippen molar-refractivity contribution in [3.05, 3.63) is 65.2 Å². The van der Waals surface area contributed by atoms with Crippen LogP contribution in [0.25, 0.3) is 11.3 Å². The summed E-state index contributed by atoms with van der Waals surface area (Å²) in [5.74, 6) is 1.25. The summed E-state index contributed by atoms with van der Waals surface area (Å²) in [6.07, 6.45) is 3.18. The van der Waals surface area contributed by atoms with Crippen LogP contribution in [0.1, 0.15) is 76.5 Å². The van der Waals surface area contributed by atoms with Crippen LogP contribution >= 0.6 is 0 Å². The Morgan fingerprint density at radius 2 is 1.67 bits per heavy atom. The van der Waals surface area contributed by atoms with Gasteiger partial charge in [0, 0.05) is 17.5 Å². The minimum atomic E-state index is -3.91. The number of anilines is 1. The number of hydrogen-bond donors (Lipinski definition) is 1. The molecule has 0 radical (unpaired) electrons. The zero-order valence-corrected chi connectivity index (χ0v) is 25.0. The Labute approximate surface area is 233 Å². The van der Waals surface area contributed by atoms with Crippen molar-refractivity contribution in [1.29, 1.82) is 0 Å². The summed E-state index contributed by atoms with van der Waals surface area (Å²) >= 11 is 0. The first-order chi connectivity index (χ1) is 18.2. The highest BCUT2D eigenvalue weighted by Gasteiger charge is 2.45. The van der Waals surface area contributed by atoms with E-state index in [-0.39, 0.29) is 28.1 Å². The van der Waals surface area contributed by atoms with Crippen LogP contribution in [0.5, 0.6) is 5.88 Å². The number of aryl methyl sites for hydroxylation is 2. The second-order valence-corrected chi connectivity index (χ2v) is 15.2. The Balaban J connectivity index is 1.66. The molecule has 2 aliphatic rings. The Kier molecular flexibility index (Phi) is 7.03. The number of hydrogen-bond acceptors (Lipinski definition) is 5. The largest absolute Gasteiger partial charge is 0.477 e. The van der Waals surface area contributed by atoms with Gasteiger partial charge in [-0.2, -0.15) is 4.98 Å². The topological polar surface area (TPSA) is 81.2 Å². The van der Waals surface area contributed by atoms with E-state index in [9.17, 15) is 8.42 Å². The molecular weight excluding hydrogens is 506 g/mol. The van der Waals surface area contributed by atoms with E-state index in [4.69, 9.17) is 4.74 Å². The minimum absolute atomic E-state index is 0.0146. The average molecular weight is 548 g/mol. The number of ether oxygens (including phenoxy) is 1. The SMILES string of the molecule is Cc1cccc(C)c1-c1cc2nc(n1)NS(=O)(=O)c1cccc(c1)C(C1CC(C)(C)C1)[C@H](CC(C)(C)C)CO2. The van der Waals surface area contributed by atoms with E-state index in [2.05, 4.69) is 55.4 Å². The van der Waals surface area contributed by atoms with Gasteiger partial charge in [-0.15, -0.1) is 0 Å². The molecule has 39 heavy (non-hydrogen) atoms. The molecule has 0 amide bonds. The van der Waals surface area contributed by atoms with Crippen LogP contribution in [0.15, 0.2) is 53.4 Å².